The number of ketones is 1. The number of rotatable bonds is 6. The molecule has 0 saturated heterocycles. The van der Waals surface area contributed by atoms with Crippen LogP contribution in [-0.2, 0) is 16.0 Å². The van der Waals surface area contributed by atoms with Crippen molar-refractivity contribution in [1.82, 2.24) is 4.98 Å². The minimum atomic E-state index is 0.00838. The average Bonchev–Trinajstić information content (AvgIpc) is 2.18. The Morgan fingerprint density at radius 1 is 1.53 bits per heavy atom. The lowest BCUT2D eigenvalue weighted by atomic mass is 10.1. The van der Waals surface area contributed by atoms with E-state index in [1.165, 1.54) is 0 Å². The van der Waals surface area contributed by atoms with Crippen molar-refractivity contribution in [2.24, 2.45) is 5.73 Å². The molecular formula is C10H15N3O2. The monoisotopic (exact) mass is 209 g/mol. The van der Waals surface area contributed by atoms with Gasteiger partial charge >= 0.3 is 0 Å². The Kier molecular flexibility index (Phi) is 4.73. The van der Waals surface area contributed by atoms with Gasteiger partial charge in [-0.25, -0.2) is 4.98 Å². The molecule has 15 heavy (non-hydrogen) atoms. The molecule has 0 radical (unpaired) electrons. The molecule has 0 aliphatic carbocycles. The Labute approximate surface area is 88.4 Å². The van der Waals surface area contributed by atoms with Crippen molar-refractivity contribution in [2.45, 2.75) is 6.42 Å². The number of anilines is 1. The number of carbonyl (C=O) groups is 1. The van der Waals surface area contributed by atoms with E-state index in [-0.39, 0.29) is 12.4 Å². The first kappa shape index (κ1) is 11.6. The van der Waals surface area contributed by atoms with E-state index < -0.39 is 0 Å². The lowest BCUT2D eigenvalue weighted by molar-refractivity contribution is -0.122. The van der Waals surface area contributed by atoms with Crippen LogP contribution in [0.4, 0.5) is 5.82 Å². The van der Waals surface area contributed by atoms with Crippen molar-refractivity contribution in [1.29, 1.82) is 0 Å². The number of pyridine rings is 1. The number of carbonyl (C=O) groups excluding carboxylic acids is 1. The molecule has 0 aliphatic heterocycles. The van der Waals surface area contributed by atoms with Crippen molar-refractivity contribution in [3.05, 3.63) is 23.9 Å². The Balaban J connectivity index is 2.37. The topological polar surface area (TPSA) is 91.2 Å². The van der Waals surface area contributed by atoms with Gasteiger partial charge in [0.15, 0.2) is 5.78 Å². The number of nitrogens with zero attached hydrogens (tertiary/aromatic N) is 1. The highest BCUT2D eigenvalue weighted by atomic mass is 16.5. The first-order chi connectivity index (χ1) is 7.22. The second kappa shape index (κ2) is 6.10. The summed E-state index contributed by atoms with van der Waals surface area (Å²) in [7, 11) is 0. The third-order valence-corrected chi connectivity index (χ3v) is 1.77. The number of hydrogen-bond acceptors (Lipinski definition) is 5. The Bertz CT molecular complexity index is 328. The number of hydrogen-bond donors (Lipinski definition) is 2. The molecule has 0 saturated carbocycles. The number of nitrogens with two attached hydrogens (primary N) is 2. The van der Waals surface area contributed by atoms with E-state index >= 15 is 0 Å². The Morgan fingerprint density at radius 3 is 3.00 bits per heavy atom. The van der Waals surface area contributed by atoms with Crippen LogP contribution in [0.1, 0.15) is 5.56 Å². The second-order valence-electron chi connectivity index (χ2n) is 3.15. The molecule has 1 aromatic heterocycles. The molecule has 0 aromatic carbocycles. The number of Topliss-reactive ketones (excluding diaryl/α,β-unsaturated/α-hetero) is 1. The molecule has 82 valence electrons. The number of ether oxygens (including phenoxy) is 1. The van der Waals surface area contributed by atoms with Crippen LogP contribution < -0.4 is 11.5 Å². The fraction of sp³-hybridized carbons (Fsp3) is 0.400. The van der Waals surface area contributed by atoms with E-state index in [1.54, 1.807) is 18.3 Å². The van der Waals surface area contributed by atoms with Gasteiger partial charge in [0.2, 0.25) is 0 Å². The zero-order valence-electron chi connectivity index (χ0n) is 8.48. The SMILES string of the molecule is NCCOCC(=O)Cc1ccnc(N)c1. The highest BCUT2D eigenvalue weighted by Gasteiger charge is 2.04. The van der Waals surface area contributed by atoms with Crippen LogP contribution in [0.3, 0.4) is 0 Å². The van der Waals surface area contributed by atoms with E-state index in [0.29, 0.717) is 25.4 Å². The van der Waals surface area contributed by atoms with Gasteiger partial charge < -0.3 is 16.2 Å². The molecule has 0 aliphatic rings. The lowest BCUT2D eigenvalue weighted by Crippen LogP contribution is -2.16. The van der Waals surface area contributed by atoms with Crippen LogP contribution in [0.15, 0.2) is 18.3 Å². The van der Waals surface area contributed by atoms with E-state index in [4.69, 9.17) is 16.2 Å². The molecule has 5 heteroatoms. The van der Waals surface area contributed by atoms with Crippen LogP contribution in [0.2, 0.25) is 0 Å². The van der Waals surface area contributed by atoms with Crippen molar-refractivity contribution in [3.8, 4) is 0 Å². The quantitative estimate of drug-likeness (QED) is 0.630. The maximum absolute atomic E-state index is 11.4. The van der Waals surface area contributed by atoms with Gasteiger partial charge in [-0.1, -0.05) is 0 Å². The van der Waals surface area contributed by atoms with Gasteiger partial charge in [-0.05, 0) is 17.7 Å². The Morgan fingerprint density at radius 2 is 2.33 bits per heavy atom. The van der Waals surface area contributed by atoms with Crippen LogP contribution in [0, 0.1) is 0 Å². The van der Waals surface area contributed by atoms with Crippen LogP contribution >= 0.6 is 0 Å². The summed E-state index contributed by atoms with van der Waals surface area (Å²) >= 11 is 0. The number of aromatic nitrogens is 1. The second-order valence-corrected chi connectivity index (χ2v) is 3.15. The minimum Gasteiger partial charge on any atom is -0.384 e. The third kappa shape index (κ3) is 4.53. The molecule has 0 fully saturated rings. The van der Waals surface area contributed by atoms with E-state index in [2.05, 4.69) is 4.98 Å². The summed E-state index contributed by atoms with van der Waals surface area (Å²) in [6.07, 6.45) is 1.90. The maximum atomic E-state index is 11.4. The van der Waals surface area contributed by atoms with Crippen molar-refractivity contribution in [3.63, 3.8) is 0 Å². The van der Waals surface area contributed by atoms with Crippen LogP contribution in [-0.4, -0.2) is 30.5 Å². The summed E-state index contributed by atoms with van der Waals surface area (Å²) in [4.78, 5) is 15.2. The molecule has 1 rings (SSSR count). The molecule has 0 amide bonds. The van der Waals surface area contributed by atoms with Gasteiger partial charge in [-0.2, -0.15) is 0 Å². The molecular weight excluding hydrogens is 194 g/mol. The fourth-order valence-electron chi connectivity index (χ4n) is 1.15. The van der Waals surface area contributed by atoms with Gasteiger partial charge in [0.25, 0.3) is 0 Å². The standard InChI is InChI=1S/C10H15N3O2/c11-2-4-15-7-9(14)5-8-1-3-13-10(12)6-8/h1,3,6H,2,4-5,7,11H2,(H2,12,13). The maximum Gasteiger partial charge on any atom is 0.162 e. The predicted molar refractivity (Wildman–Crippen MR) is 57.2 cm³/mol. The summed E-state index contributed by atoms with van der Waals surface area (Å²) in [5.74, 6) is 0.428. The fourth-order valence-corrected chi connectivity index (χ4v) is 1.15. The van der Waals surface area contributed by atoms with Gasteiger partial charge in [-0.15, -0.1) is 0 Å². The highest BCUT2D eigenvalue weighted by molar-refractivity contribution is 5.82. The van der Waals surface area contributed by atoms with Gasteiger partial charge in [0.1, 0.15) is 12.4 Å². The normalized spacial score (nSPS) is 10.2. The largest absolute Gasteiger partial charge is 0.384 e. The summed E-state index contributed by atoms with van der Waals surface area (Å²) < 4.78 is 5.03. The summed E-state index contributed by atoms with van der Waals surface area (Å²) in [5, 5.41) is 0. The molecule has 4 N–H and O–H groups in total. The summed E-state index contributed by atoms with van der Waals surface area (Å²) in [5.41, 5.74) is 11.6. The summed E-state index contributed by atoms with van der Waals surface area (Å²) in [6.45, 7) is 0.930. The van der Waals surface area contributed by atoms with Gasteiger partial charge in [-0.3, -0.25) is 4.79 Å². The minimum absolute atomic E-state index is 0.00838. The molecule has 0 spiro atoms. The Hall–Kier alpha value is -1.46. The molecule has 0 bridgehead atoms. The van der Waals surface area contributed by atoms with Crippen molar-refractivity contribution < 1.29 is 9.53 Å². The highest BCUT2D eigenvalue weighted by Crippen LogP contribution is 2.04. The van der Waals surface area contributed by atoms with E-state index in [9.17, 15) is 4.79 Å². The molecule has 1 heterocycles. The zero-order chi connectivity index (χ0) is 11.1. The smallest absolute Gasteiger partial charge is 0.162 e. The third-order valence-electron chi connectivity index (χ3n) is 1.77. The van der Waals surface area contributed by atoms with Gasteiger partial charge in [0.05, 0.1) is 6.61 Å². The predicted octanol–water partition coefficient (Wildman–Crippen LogP) is -0.249. The average molecular weight is 209 g/mol. The van der Waals surface area contributed by atoms with E-state index in [1.807, 2.05) is 0 Å². The van der Waals surface area contributed by atoms with E-state index in [0.717, 1.165) is 5.56 Å². The first-order valence-corrected chi connectivity index (χ1v) is 4.72. The van der Waals surface area contributed by atoms with Crippen molar-refractivity contribution >= 4 is 11.6 Å². The van der Waals surface area contributed by atoms with Crippen LogP contribution in [0.5, 0.6) is 0 Å². The first-order valence-electron chi connectivity index (χ1n) is 4.72. The molecule has 0 unspecified atom stereocenters. The summed E-state index contributed by atoms with van der Waals surface area (Å²) in [6, 6.07) is 3.44. The van der Waals surface area contributed by atoms with Gasteiger partial charge in [0, 0.05) is 19.2 Å². The molecule has 1 aromatic rings. The van der Waals surface area contributed by atoms with Crippen LogP contribution in [0.25, 0.3) is 0 Å². The molecule has 5 nitrogen and oxygen atoms in total. The molecule has 0 atom stereocenters. The lowest BCUT2D eigenvalue weighted by Gasteiger charge is -2.02. The zero-order valence-corrected chi connectivity index (χ0v) is 8.48. The number of nitrogen functional groups attached to an aromatic ring is 1. The van der Waals surface area contributed by atoms with Crippen molar-refractivity contribution in [2.75, 3.05) is 25.5 Å².